The monoisotopic (exact) mass is 332 g/mol. The predicted molar refractivity (Wildman–Crippen MR) is 96.8 cm³/mol. The Morgan fingerprint density at radius 3 is 2.71 bits per heavy atom. The standard InChI is InChI=1S/C19H29FN4/c1-15(2)5-10-23-11-6-16(7-12-23)22-17-8-13-24(14-17)19-18(20)4-3-9-21-19/h3-5,9,16-17,22H,6-8,10-14H2,1-2H3. The summed E-state index contributed by atoms with van der Waals surface area (Å²) in [5.74, 6) is 0.282. The molecule has 2 aliphatic rings. The van der Waals surface area contributed by atoms with Crippen LogP contribution in [0.3, 0.4) is 0 Å². The van der Waals surface area contributed by atoms with E-state index in [-0.39, 0.29) is 5.82 Å². The fourth-order valence-electron chi connectivity index (χ4n) is 3.63. The molecule has 2 aliphatic heterocycles. The zero-order valence-corrected chi connectivity index (χ0v) is 14.8. The lowest BCUT2D eigenvalue weighted by atomic mass is 10.0. The van der Waals surface area contributed by atoms with Crippen LogP contribution in [0.15, 0.2) is 30.0 Å². The Kier molecular flexibility index (Phi) is 5.85. The highest BCUT2D eigenvalue weighted by atomic mass is 19.1. The van der Waals surface area contributed by atoms with E-state index in [9.17, 15) is 4.39 Å². The minimum absolute atomic E-state index is 0.217. The van der Waals surface area contributed by atoms with Gasteiger partial charge < -0.3 is 10.2 Å². The molecule has 1 atom stereocenters. The fourth-order valence-corrected chi connectivity index (χ4v) is 3.63. The number of nitrogens with one attached hydrogen (secondary N) is 1. The van der Waals surface area contributed by atoms with Crippen molar-refractivity contribution in [2.75, 3.05) is 37.6 Å². The van der Waals surface area contributed by atoms with Crippen LogP contribution in [0.5, 0.6) is 0 Å². The van der Waals surface area contributed by atoms with E-state index >= 15 is 0 Å². The maximum Gasteiger partial charge on any atom is 0.165 e. The van der Waals surface area contributed by atoms with Crippen LogP contribution < -0.4 is 10.2 Å². The first kappa shape index (κ1) is 17.4. The molecule has 0 aliphatic carbocycles. The molecule has 2 saturated heterocycles. The third kappa shape index (κ3) is 4.54. The number of anilines is 1. The van der Waals surface area contributed by atoms with E-state index < -0.39 is 0 Å². The highest BCUT2D eigenvalue weighted by Crippen LogP contribution is 2.22. The lowest BCUT2D eigenvalue weighted by Crippen LogP contribution is -2.47. The first-order chi connectivity index (χ1) is 11.6. The number of allylic oxidation sites excluding steroid dienone is 1. The SMILES string of the molecule is CC(C)=CCN1CCC(NC2CCN(c3ncccc3F)C2)CC1. The summed E-state index contributed by atoms with van der Waals surface area (Å²) in [7, 11) is 0. The second kappa shape index (κ2) is 8.08. The van der Waals surface area contributed by atoms with E-state index in [1.54, 1.807) is 12.3 Å². The number of rotatable bonds is 5. The van der Waals surface area contributed by atoms with Crippen LogP contribution in [-0.2, 0) is 0 Å². The van der Waals surface area contributed by atoms with Crippen molar-refractivity contribution in [3.8, 4) is 0 Å². The molecule has 24 heavy (non-hydrogen) atoms. The average Bonchev–Trinajstić information content (AvgIpc) is 3.03. The van der Waals surface area contributed by atoms with Gasteiger partial charge in [-0.25, -0.2) is 9.37 Å². The van der Waals surface area contributed by atoms with Gasteiger partial charge in [0, 0.05) is 37.9 Å². The van der Waals surface area contributed by atoms with Crippen molar-refractivity contribution in [3.63, 3.8) is 0 Å². The summed E-state index contributed by atoms with van der Waals surface area (Å²) in [4.78, 5) is 8.79. The molecule has 0 radical (unpaired) electrons. The molecule has 1 aromatic rings. The Balaban J connectivity index is 1.44. The molecule has 0 saturated carbocycles. The van der Waals surface area contributed by atoms with Crippen LogP contribution in [0.4, 0.5) is 10.2 Å². The molecule has 0 spiro atoms. The molecule has 0 bridgehead atoms. The van der Waals surface area contributed by atoms with Crippen LogP contribution >= 0.6 is 0 Å². The maximum atomic E-state index is 13.9. The van der Waals surface area contributed by atoms with E-state index in [0.29, 0.717) is 17.9 Å². The van der Waals surface area contributed by atoms with Gasteiger partial charge in [-0.3, -0.25) is 4.90 Å². The van der Waals surface area contributed by atoms with Crippen LogP contribution in [0.2, 0.25) is 0 Å². The van der Waals surface area contributed by atoms with Gasteiger partial charge in [0.2, 0.25) is 0 Å². The van der Waals surface area contributed by atoms with Crippen molar-refractivity contribution < 1.29 is 4.39 Å². The van der Waals surface area contributed by atoms with Gasteiger partial charge in [-0.2, -0.15) is 0 Å². The van der Waals surface area contributed by atoms with Gasteiger partial charge in [0.1, 0.15) is 0 Å². The lowest BCUT2D eigenvalue weighted by Gasteiger charge is -2.33. The smallest absolute Gasteiger partial charge is 0.165 e. The number of hydrogen-bond acceptors (Lipinski definition) is 4. The summed E-state index contributed by atoms with van der Waals surface area (Å²) in [5, 5.41) is 3.79. The molecule has 4 nitrogen and oxygen atoms in total. The first-order valence-corrected chi connectivity index (χ1v) is 9.09. The summed E-state index contributed by atoms with van der Waals surface area (Å²) in [6.45, 7) is 9.44. The molecule has 2 fully saturated rings. The Morgan fingerprint density at radius 1 is 1.25 bits per heavy atom. The second-order valence-corrected chi connectivity index (χ2v) is 7.26. The molecule has 3 rings (SSSR count). The highest BCUT2D eigenvalue weighted by Gasteiger charge is 2.28. The van der Waals surface area contributed by atoms with E-state index in [1.807, 2.05) is 0 Å². The zero-order valence-electron chi connectivity index (χ0n) is 14.8. The third-order valence-corrected chi connectivity index (χ3v) is 5.04. The van der Waals surface area contributed by atoms with E-state index in [1.165, 1.54) is 24.5 Å². The number of halogens is 1. The van der Waals surface area contributed by atoms with Gasteiger partial charge >= 0.3 is 0 Å². The maximum absolute atomic E-state index is 13.9. The number of hydrogen-bond donors (Lipinski definition) is 1. The van der Waals surface area contributed by atoms with Crippen LogP contribution in [0.1, 0.15) is 33.1 Å². The summed E-state index contributed by atoms with van der Waals surface area (Å²) in [6.07, 6.45) is 7.44. The summed E-state index contributed by atoms with van der Waals surface area (Å²) in [6, 6.07) is 4.17. The molecule has 5 heteroatoms. The van der Waals surface area contributed by atoms with Crippen molar-refractivity contribution >= 4 is 5.82 Å². The Morgan fingerprint density at radius 2 is 2.00 bits per heavy atom. The second-order valence-electron chi connectivity index (χ2n) is 7.26. The first-order valence-electron chi connectivity index (χ1n) is 9.09. The van der Waals surface area contributed by atoms with Gasteiger partial charge in [-0.1, -0.05) is 11.6 Å². The van der Waals surface area contributed by atoms with Gasteiger partial charge in [0.15, 0.2) is 11.6 Å². The topological polar surface area (TPSA) is 31.4 Å². The number of likely N-dealkylation sites (tertiary alicyclic amines) is 1. The molecular formula is C19H29FN4. The minimum Gasteiger partial charge on any atom is -0.353 e. The largest absolute Gasteiger partial charge is 0.353 e. The number of nitrogens with zero attached hydrogens (tertiary/aromatic N) is 3. The molecule has 0 aromatic carbocycles. The summed E-state index contributed by atoms with van der Waals surface area (Å²) in [5.41, 5.74) is 1.39. The van der Waals surface area contributed by atoms with E-state index in [4.69, 9.17) is 0 Å². The van der Waals surface area contributed by atoms with Crippen molar-refractivity contribution in [1.82, 2.24) is 15.2 Å². The van der Waals surface area contributed by atoms with Crippen molar-refractivity contribution in [1.29, 1.82) is 0 Å². The quantitative estimate of drug-likeness (QED) is 0.840. The number of pyridine rings is 1. The van der Waals surface area contributed by atoms with Crippen LogP contribution in [0.25, 0.3) is 0 Å². The summed E-state index contributed by atoms with van der Waals surface area (Å²) >= 11 is 0. The average molecular weight is 332 g/mol. The van der Waals surface area contributed by atoms with Crippen LogP contribution in [-0.4, -0.2) is 54.7 Å². The highest BCUT2D eigenvalue weighted by molar-refractivity contribution is 5.41. The molecule has 1 aromatic heterocycles. The Bertz CT molecular complexity index is 562. The molecule has 0 amide bonds. The number of aromatic nitrogens is 1. The van der Waals surface area contributed by atoms with E-state index in [0.717, 1.165) is 39.1 Å². The van der Waals surface area contributed by atoms with Gasteiger partial charge in [-0.05, 0) is 58.3 Å². The van der Waals surface area contributed by atoms with E-state index in [2.05, 4.69) is 40.0 Å². The lowest BCUT2D eigenvalue weighted by molar-refractivity contribution is 0.208. The Labute approximate surface area is 144 Å². The van der Waals surface area contributed by atoms with Gasteiger partial charge in [0.05, 0.1) is 0 Å². The molecule has 1 N–H and O–H groups in total. The van der Waals surface area contributed by atoms with Crippen molar-refractivity contribution in [2.45, 2.75) is 45.2 Å². The predicted octanol–water partition coefficient (Wildman–Crippen LogP) is 2.82. The van der Waals surface area contributed by atoms with Gasteiger partial charge in [0.25, 0.3) is 0 Å². The van der Waals surface area contributed by atoms with Crippen molar-refractivity contribution in [2.24, 2.45) is 0 Å². The van der Waals surface area contributed by atoms with Gasteiger partial charge in [-0.15, -0.1) is 0 Å². The third-order valence-electron chi connectivity index (χ3n) is 5.04. The van der Waals surface area contributed by atoms with Crippen molar-refractivity contribution in [3.05, 3.63) is 35.8 Å². The zero-order chi connectivity index (χ0) is 16.9. The molecule has 3 heterocycles. The molecule has 1 unspecified atom stereocenters. The minimum atomic E-state index is -0.217. The molecular weight excluding hydrogens is 303 g/mol. The normalized spacial score (nSPS) is 22.8. The Hall–Kier alpha value is -1.46. The fraction of sp³-hybridized carbons (Fsp3) is 0.632. The summed E-state index contributed by atoms with van der Waals surface area (Å²) < 4.78 is 13.9. The van der Waals surface area contributed by atoms with Crippen LogP contribution in [0, 0.1) is 5.82 Å². The molecule has 132 valence electrons. The number of piperidine rings is 1.